The van der Waals surface area contributed by atoms with Gasteiger partial charge in [0, 0.05) is 17.8 Å². The number of aryl methyl sites for hydroxylation is 1. The van der Waals surface area contributed by atoms with E-state index in [1.54, 1.807) is 12.3 Å². The van der Waals surface area contributed by atoms with Crippen LogP contribution in [0.15, 0.2) is 35.3 Å². The third-order valence-corrected chi connectivity index (χ3v) is 3.87. The molecule has 2 aromatic rings. The molecule has 0 unspecified atom stereocenters. The summed E-state index contributed by atoms with van der Waals surface area (Å²) in [4.78, 5) is 30.0. The van der Waals surface area contributed by atoms with Gasteiger partial charge in [-0.15, -0.1) is 0 Å². The smallest absolute Gasteiger partial charge is 0.247 e. The van der Waals surface area contributed by atoms with E-state index in [-0.39, 0.29) is 11.5 Å². The first-order valence-electron chi connectivity index (χ1n) is 6.50. The summed E-state index contributed by atoms with van der Waals surface area (Å²) in [6.45, 7) is 1.95. The number of hydrogen-bond acceptors (Lipinski definition) is 3. The van der Waals surface area contributed by atoms with Gasteiger partial charge in [-0.05, 0) is 37.5 Å². The molecule has 0 aromatic carbocycles. The lowest BCUT2D eigenvalue weighted by Gasteiger charge is -2.13. The van der Waals surface area contributed by atoms with Gasteiger partial charge in [0.25, 0.3) is 0 Å². The molecule has 2 aromatic heterocycles. The molecular weight excluding hydrogens is 254 g/mol. The second-order valence-corrected chi connectivity index (χ2v) is 5.25. The molecule has 0 atom stereocenters. The Labute approximate surface area is 115 Å². The maximum Gasteiger partial charge on any atom is 0.247 e. The monoisotopic (exact) mass is 269 g/mol. The minimum Gasteiger partial charge on any atom is -0.369 e. The summed E-state index contributed by atoms with van der Waals surface area (Å²) in [5, 5.41) is 0. The number of nitrogens with one attached hydrogen (secondary N) is 1. The zero-order chi connectivity index (χ0) is 14.3. The third kappa shape index (κ3) is 1.91. The number of primary amides is 1. The molecule has 20 heavy (non-hydrogen) atoms. The number of hydrogen-bond donors (Lipinski definition) is 2. The zero-order valence-electron chi connectivity index (χ0n) is 11.1. The average Bonchev–Trinajstić information content (AvgIpc) is 3.22. The molecule has 3 N–H and O–H groups in total. The van der Waals surface area contributed by atoms with Crippen molar-refractivity contribution < 1.29 is 4.79 Å². The topological polar surface area (TPSA) is 88.8 Å². The molecule has 1 aliphatic rings. The van der Waals surface area contributed by atoms with E-state index in [9.17, 15) is 9.59 Å². The van der Waals surface area contributed by atoms with E-state index in [1.807, 2.05) is 19.1 Å². The van der Waals surface area contributed by atoms with Crippen LogP contribution in [-0.4, -0.2) is 15.9 Å². The summed E-state index contributed by atoms with van der Waals surface area (Å²) in [5.74, 6) is -0.318. The van der Waals surface area contributed by atoms with Gasteiger partial charge in [0.2, 0.25) is 11.5 Å². The highest BCUT2D eigenvalue weighted by molar-refractivity contribution is 5.89. The fraction of sp³-hybridized carbons (Fsp3) is 0.267. The zero-order valence-corrected chi connectivity index (χ0v) is 11.1. The van der Waals surface area contributed by atoms with Gasteiger partial charge in [-0.2, -0.15) is 0 Å². The first-order chi connectivity index (χ1) is 9.53. The van der Waals surface area contributed by atoms with Crippen LogP contribution in [0, 0.1) is 6.92 Å². The number of pyridine rings is 2. The summed E-state index contributed by atoms with van der Waals surface area (Å²) in [6, 6.07) is 6.99. The molecule has 3 rings (SSSR count). The average molecular weight is 269 g/mol. The van der Waals surface area contributed by atoms with Gasteiger partial charge >= 0.3 is 0 Å². The fourth-order valence-corrected chi connectivity index (χ4v) is 2.40. The first kappa shape index (κ1) is 12.6. The Kier molecular flexibility index (Phi) is 2.71. The molecule has 1 aliphatic carbocycles. The van der Waals surface area contributed by atoms with E-state index in [0.717, 1.165) is 35.4 Å². The summed E-state index contributed by atoms with van der Waals surface area (Å²) in [5.41, 5.74) is 8.04. The molecule has 102 valence electrons. The van der Waals surface area contributed by atoms with Gasteiger partial charge in [0.05, 0.1) is 16.8 Å². The lowest BCUT2D eigenvalue weighted by molar-refractivity contribution is -0.120. The van der Waals surface area contributed by atoms with Crippen molar-refractivity contribution in [1.29, 1.82) is 0 Å². The predicted octanol–water partition coefficient (Wildman–Crippen LogP) is 1.26. The summed E-state index contributed by atoms with van der Waals surface area (Å²) < 4.78 is 0. The van der Waals surface area contributed by atoms with E-state index in [0.29, 0.717) is 0 Å². The maximum atomic E-state index is 11.6. The van der Waals surface area contributed by atoms with Crippen molar-refractivity contribution >= 4 is 5.91 Å². The van der Waals surface area contributed by atoms with Crippen molar-refractivity contribution in [2.75, 3.05) is 0 Å². The Morgan fingerprint density at radius 2 is 2.05 bits per heavy atom. The number of nitrogens with two attached hydrogens (primary N) is 1. The predicted molar refractivity (Wildman–Crippen MR) is 75.1 cm³/mol. The van der Waals surface area contributed by atoms with Crippen molar-refractivity contribution in [2.24, 2.45) is 5.73 Å². The van der Waals surface area contributed by atoms with Gasteiger partial charge in [-0.3, -0.25) is 14.6 Å². The van der Waals surface area contributed by atoms with Crippen molar-refractivity contribution in [1.82, 2.24) is 9.97 Å². The van der Waals surface area contributed by atoms with E-state index < -0.39 is 5.41 Å². The Bertz CT molecular complexity index is 725. The van der Waals surface area contributed by atoms with Gasteiger partial charge in [0.1, 0.15) is 0 Å². The van der Waals surface area contributed by atoms with E-state index in [4.69, 9.17) is 5.73 Å². The fourth-order valence-electron chi connectivity index (χ4n) is 2.40. The number of aromatic amines is 1. The Hall–Kier alpha value is -2.43. The van der Waals surface area contributed by atoms with Gasteiger partial charge in [-0.1, -0.05) is 6.07 Å². The van der Waals surface area contributed by atoms with Gasteiger partial charge in [-0.25, -0.2) is 0 Å². The van der Waals surface area contributed by atoms with Crippen LogP contribution in [0.3, 0.4) is 0 Å². The van der Waals surface area contributed by atoms with Crippen LogP contribution in [0.4, 0.5) is 0 Å². The third-order valence-electron chi connectivity index (χ3n) is 3.87. The first-order valence-corrected chi connectivity index (χ1v) is 6.50. The number of H-pyrrole nitrogens is 1. The van der Waals surface area contributed by atoms with Crippen molar-refractivity contribution in [2.45, 2.75) is 25.2 Å². The van der Waals surface area contributed by atoms with E-state index in [2.05, 4.69) is 9.97 Å². The quantitative estimate of drug-likeness (QED) is 0.879. The van der Waals surface area contributed by atoms with Crippen LogP contribution in [0.1, 0.15) is 24.1 Å². The highest BCUT2D eigenvalue weighted by atomic mass is 16.1. The molecule has 0 aliphatic heterocycles. The molecular formula is C15H15N3O2. The number of amides is 1. The van der Waals surface area contributed by atoms with Gasteiger partial charge < -0.3 is 10.7 Å². The molecule has 5 heteroatoms. The summed E-state index contributed by atoms with van der Waals surface area (Å²) in [6.07, 6.45) is 3.14. The molecule has 1 saturated carbocycles. The summed E-state index contributed by atoms with van der Waals surface area (Å²) >= 11 is 0. The van der Waals surface area contributed by atoms with Crippen LogP contribution in [0.2, 0.25) is 0 Å². The molecule has 1 fully saturated rings. The lowest BCUT2D eigenvalue weighted by atomic mass is 9.98. The molecule has 1 amide bonds. The van der Waals surface area contributed by atoms with Crippen LogP contribution < -0.4 is 11.3 Å². The molecule has 0 radical (unpaired) electrons. The Morgan fingerprint density at radius 1 is 1.30 bits per heavy atom. The molecule has 5 nitrogen and oxygen atoms in total. The molecule has 2 heterocycles. The second-order valence-electron chi connectivity index (χ2n) is 5.25. The minimum atomic E-state index is -0.593. The Morgan fingerprint density at radius 3 is 2.60 bits per heavy atom. The highest BCUT2D eigenvalue weighted by Gasteiger charge is 2.51. The molecule has 0 saturated heterocycles. The largest absolute Gasteiger partial charge is 0.369 e. The number of carbonyl (C=O) groups is 1. The number of carbonyl (C=O) groups excluding carboxylic acids is 1. The maximum absolute atomic E-state index is 11.6. The van der Waals surface area contributed by atoms with Crippen LogP contribution in [0.25, 0.3) is 11.3 Å². The summed E-state index contributed by atoms with van der Waals surface area (Å²) in [7, 11) is 0. The van der Waals surface area contributed by atoms with Crippen LogP contribution >= 0.6 is 0 Å². The molecule has 0 spiro atoms. The van der Waals surface area contributed by atoms with Crippen molar-refractivity contribution in [3.8, 4) is 11.3 Å². The normalized spacial score (nSPS) is 15.8. The number of rotatable bonds is 3. The van der Waals surface area contributed by atoms with E-state index in [1.165, 1.54) is 6.07 Å². The van der Waals surface area contributed by atoms with Gasteiger partial charge in [0.15, 0.2) is 0 Å². The SMILES string of the molecule is Cc1ccc(C2(C(N)=O)CC2)nc1-c1ccc(=O)[nH]c1. The van der Waals surface area contributed by atoms with Crippen molar-refractivity contribution in [3.05, 3.63) is 52.1 Å². The lowest BCUT2D eigenvalue weighted by Crippen LogP contribution is -2.29. The standard InChI is InChI=1S/C15H15N3O2/c1-9-2-4-11(15(6-7-15)14(16)20)18-13(9)10-3-5-12(19)17-8-10/h2-5,8H,6-7H2,1H3,(H2,16,20)(H,17,19). The van der Waals surface area contributed by atoms with Crippen LogP contribution in [-0.2, 0) is 10.2 Å². The molecule has 0 bridgehead atoms. The van der Waals surface area contributed by atoms with Crippen LogP contribution in [0.5, 0.6) is 0 Å². The van der Waals surface area contributed by atoms with Crippen molar-refractivity contribution in [3.63, 3.8) is 0 Å². The number of aromatic nitrogens is 2. The number of nitrogens with zero attached hydrogens (tertiary/aromatic N) is 1. The second kappa shape index (κ2) is 4.30. The Balaban J connectivity index is 2.10. The highest BCUT2D eigenvalue weighted by Crippen LogP contribution is 2.47. The minimum absolute atomic E-state index is 0.154. The van der Waals surface area contributed by atoms with E-state index >= 15 is 0 Å².